The quantitative estimate of drug-likeness (QED) is 0.805. The average molecular weight is 304 g/mol. The van der Waals surface area contributed by atoms with E-state index < -0.39 is 35.8 Å². The van der Waals surface area contributed by atoms with Crippen LogP contribution < -0.4 is 4.74 Å². The molecule has 3 rings (SSSR count). The van der Waals surface area contributed by atoms with E-state index in [2.05, 4.69) is 0 Å². The molecule has 2 aliphatic heterocycles. The number of benzene rings is 1. The van der Waals surface area contributed by atoms with Gasteiger partial charge in [0.05, 0.1) is 13.5 Å². The van der Waals surface area contributed by atoms with Gasteiger partial charge in [0.15, 0.2) is 11.9 Å². The Morgan fingerprint density at radius 2 is 2.18 bits per heavy atom. The molecular formula is C15H12O7. The largest absolute Gasteiger partial charge is 0.507 e. The number of hydrogen-bond donors (Lipinski definition) is 1. The molecular weight excluding hydrogens is 292 g/mol. The summed E-state index contributed by atoms with van der Waals surface area (Å²) in [5.74, 6) is -2.16. The number of ketones is 1. The lowest BCUT2D eigenvalue weighted by Gasteiger charge is -2.37. The fraction of sp³-hybridized carbons (Fsp3) is 0.267. The Morgan fingerprint density at radius 3 is 2.82 bits per heavy atom. The predicted octanol–water partition coefficient (Wildman–Crippen LogP) is 0.751. The summed E-state index contributed by atoms with van der Waals surface area (Å²) in [6.07, 6.45) is 1.01. The minimum Gasteiger partial charge on any atom is -0.507 e. The van der Waals surface area contributed by atoms with E-state index in [1.807, 2.05) is 0 Å². The summed E-state index contributed by atoms with van der Waals surface area (Å²) in [4.78, 5) is 35.9. The molecule has 7 heteroatoms. The molecule has 7 nitrogen and oxygen atoms in total. The van der Waals surface area contributed by atoms with Crippen molar-refractivity contribution < 1.29 is 33.7 Å². The van der Waals surface area contributed by atoms with Crippen molar-refractivity contribution in [3.63, 3.8) is 0 Å². The molecule has 114 valence electrons. The molecule has 0 unspecified atom stereocenters. The van der Waals surface area contributed by atoms with E-state index in [1.165, 1.54) is 24.3 Å². The van der Waals surface area contributed by atoms with Crippen molar-refractivity contribution in [2.45, 2.75) is 18.1 Å². The highest BCUT2D eigenvalue weighted by Crippen LogP contribution is 2.41. The zero-order valence-corrected chi connectivity index (χ0v) is 11.6. The van der Waals surface area contributed by atoms with Gasteiger partial charge in [-0.2, -0.15) is 0 Å². The van der Waals surface area contributed by atoms with Crippen LogP contribution in [-0.4, -0.2) is 41.6 Å². The van der Waals surface area contributed by atoms with E-state index in [0.717, 1.165) is 13.2 Å². The molecule has 1 aromatic carbocycles. The number of phenolic OH excluding ortho intramolecular Hbond substituents is 1. The van der Waals surface area contributed by atoms with E-state index in [4.69, 9.17) is 14.2 Å². The van der Waals surface area contributed by atoms with Gasteiger partial charge in [0.1, 0.15) is 17.1 Å². The summed E-state index contributed by atoms with van der Waals surface area (Å²) in [5, 5.41) is 9.78. The maximum Gasteiger partial charge on any atom is 0.355 e. The second-order valence-corrected chi connectivity index (χ2v) is 4.95. The molecule has 2 atom stereocenters. The molecule has 2 aliphatic rings. The molecule has 2 heterocycles. The van der Waals surface area contributed by atoms with E-state index in [9.17, 15) is 19.5 Å². The van der Waals surface area contributed by atoms with Crippen LogP contribution in [0.15, 0.2) is 30.4 Å². The van der Waals surface area contributed by atoms with E-state index in [1.54, 1.807) is 0 Å². The molecule has 22 heavy (non-hydrogen) atoms. The number of carbonyl (C=O) groups excluding carboxylic acids is 3. The molecule has 0 spiro atoms. The van der Waals surface area contributed by atoms with Crippen LogP contribution >= 0.6 is 0 Å². The third-order valence-corrected chi connectivity index (χ3v) is 3.64. The third-order valence-electron chi connectivity index (χ3n) is 3.64. The Bertz CT molecular complexity index is 706. The van der Waals surface area contributed by atoms with E-state index in [0.29, 0.717) is 0 Å². The number of esters is 2. The first kappa shape index (κ1) is 14.1. The summed E-state index contributed by atoms with van der Waals surface area (Å²) in [7, 11) is 1.15. The van der Waals surface area contributed by atoms with Crippen molar-refractivity contribution in [3.8, 4) is 11.5 Å². The van der Waals surface area contributed by atoms with Crippen molar-refractivity contribution in [1.82, 2.24) is 0 Å². The van der Waals surface area contributed by atoms with Gasteiger partial charge in [0.2, 0.25) is 0 Å². The molecule has 1 N–H and O–H groups in total. The van der Waals surface area contributed by atoms with Gasteiger partial charge in [-0.25, -0.2) is 9.59 Å². The smallest absolute Gasteiger partial charge is 0.355 e. The number of phenols is 1. The van der Waals surface area contributed by atoms with Crippen LogP contribution in [0.2, 0.25) is 0 Å². The number of cyclic esters (lactones) is 1. The van der Waals surface area contributed by atoms with Crippen molar-refractivity contribution in [1.29, 1.82) is 0 Å². The van der Waals surface area contributed by atoms with Gasteiger partial charge in [-0.05, 0) is 18.2 Å². The maximum absolute atomic E-state index is 12.4. The standard InChI is InChI=1S/C15H12O7/c1-20-14(19)15(11-5-6-12(18)21-11)7-9(17)13-8(16)3-2-4-10(13)22-15/h2-6,11,16H,7H2,1H3/t11-,15+/m0/s1. The predicted molar refractivity (Wildman–Crippen MR) is 71.4 cm³/mol. The SMILES string of the molecule is COC(=O)[C@]1([C@@H]2C=CC(=O)O2)CC(=O)c2c(O)cccc2O1. The number of rotatable bonds is 2. The van der Waals surface area contributed by atoms with Gasteiger partial charge >= 0.3 is 11.9 Å². The Balaban J connectivity index is 2.10. The van der Waals surface area contributed by atoms with Crippen molar-refractivity contribution in [2.75, 3.05) is 7.11 Å². The minimum atomic E-state index is -1.80. The first-order valence-electron chi connectivity index (χ1n) is 6.49. The number of fused-ring (bicyclic) bond motifs is 1. The third kappa shape index (κ3) is 1.93. The Kier molecular flexibility index (Phi) is 3.13. The summed E-state index contributed by atoms with van der Waals surface area (Å²) in [5.41, 5.74) is -1.80. The normalized spacial score (nSPS) is 26.1. The number of aromatic hydroxyl groups is 1. The maximum atomic E-state index is 12.4. The molecule has 0 bridgehead atoms. The summed E-state index contributed by atoms with van der Waals surface area (Å²) in [6.45, 7) is 0. The number of hydrogen-bond acceptors (Lipinski definition) is 7. The number of ether oxygens (including phenoxy) is 3. The topological polar surface area (TPSA) is 99.1 Å². The van der Waals surface area contributed by atoms with Crippen LogP contribution in [0, 0.1) is 0 Å². The fourth-order valence-electron chi connectivity index (χ4n) is 2.63. The Morgan fingerprint density at radius 1 is 1.41 bits per heavy atom. The molecule has 0 radical (unpaired) electrons. The molecule has 1 aromatic rings. The summed E-state index contributed by atoms with van der Waals surface area (Å²) < 4.78 is 15.4. The average Bonchev–Trinajstić information content (AvgIpc) is 2.93. The second kappa shape index (κ2) is 4.87. The van der Waals surface area contributed by atoms with Gasteiger partial charge in [-0.15, -0.1) is 0 Å². The number of Topliss-reactive ketones (excluding diaryl/α,β-unsaturated/α-hetero) is 1. The first-order chi connectivity index (χ1) is 10.5. The summed E-state index contributed by atoms with van der Waals surface area (Å²) in [6, 6.07) is 4.27. The summed E-state index contributed by atoms with van der Waals surface area (Å²) >= 11 is 0. The highest BCUT2D eigenvalue weighted by Gasteiger charge is 2.56. The lowest BCUT2D eigenvalue weighted by molar-refractivity contribution is -0.173. The molecule has 0 aromatic heterocycles. The Hall–Kier alpha value is -2.83. The van der Waals surface area contributed by atoms with Crippen LogP contribution in [0.1, 0.15) is 16.8 Å². The lowest BCUT2D eigenvalue weighted by Crippen LogP contribution is -2.57. The molecule has 0 aliphatic carbocycles. The monoisotopic (exact) mass is 304 g/mol. The van der Waals surface area contributed by atoms with Gasteiger partial charge in [0.25, 0.3) is 5.60 Å². The van der Waals surface area contributed by atoms with Gasteiger partial charge in [-0.3, -0.25) is 4.79 Å². The van der Waals surface area contributed by atoms with Crippen molar-refractivity contribution in [3.05, 3.63) is 35.9 Å². The fourth-order valence-corrected chi connectivity index (χ4v) is 2.63. The zero-order chi connectivity index (χ0) is 15.9. The van der Waals surface area contributed by atoms with Crippen LogP contribution in [0.3, 0.4) is 0 Å². The van der Waals surface area contributed by atoms with E-state index in [-0.39, 0.29) is 17.1 Å². The van der Waals surface area contributed by atoms with Crippen LogP contribution in [-0.2, 0) is 19.1 Å². The zero-order valence-electron chi connectivity index (χ0n) is 11.6. The van der Waals surface area contributed by atoms with Crippen molar-refractivity contribution in [2.24, 2.45) is 0 Å². The lowest BCUT2D eigenvalue weighted by atomic mass is 9.85. The van der Waals surface area contributed by atoms with Crippen LogP contribution in [0.5, 0.6) is 11.5 Å². The van der Waals surface area contributed by atoms with Gasteiger partial charge in [-0.1, -0.05) is 6.07 Å². The first-order valence-corrected chi connectivity index (χ1v) is 6.49. The van der Waals surface area contributed by atoms with Gasteiger partial charge in [0, 0.05) is 6.08 Å². The molecule has 0 saturated heterocycles. The molecule has 0 amide bonds. The molecule has 0 fully saturated rings. The highest BCUT2D eigenvalue weighted by atomic mass is 16.6. The minimum absolute atomic E-state index is 0.00432. The van der Waals surface area contributed by atoms with Crippen LogP contribution in [0.4, 0.5) is 0 Å². The number of carbonyl (C=O) groups is 3. The van der Waals surface area contributed by atoms with E-state index >= 15 is 0 Å². The van der Waals surface area contributed by atoms with Crippen LogP contribution in [0.25, 0.3) is 0 Å². The molecule has 0 saturated carbocycles. The highest BCUT2D eigenvalue weighted by molar-refractivity contribution is 6.06. The van der Waals surface area contributed by atoms with Crippen molar-refractivity contribution >= 4 is 17.7 Å². The van der Waals surface area contributed by atoms with Gasteiger partial charge < -0.3 is 19.3 Å². The Labute approximate surface area is 125 Å². The number of methoxy groups -OCH3 is 1. The second-order valence-electron chi connectivity index (χ2n) is 4.95.